The molecule has 0 atom stereocenters. The molecule has 2 aromatic carbocycles. The maximum atomic E-state index is 12.2. The predicted molar refractivity (Wildman–Crippen MR) is 70.8 cm³/mol. The quantitative estimate of drug-likeness (QED) is 0.549. The molecule has 0 amide bonds. The van der Waals surface area contributed by atoms with Crippen molar-refractivity contribution < 1.29 is 23.0 Å². The van der Waals surface area contributed by atoms with Gasteiger partial charge in [0.2, 0.25) is 0 Å². The molecule has 0 aliphatic heterocycles. The van der Waals surface area contributed by atoms with E-state index >= 15 is 0 Å². The van der Waals surface area contributed by atoms with Gasteiger partial charge in [-0.25, -0.2) is 17.6 Å². The molecule has 2 aromatic rings. The van der Waals surface area contributed by atoms with Gasteiger partial charge >= 0.3 is 0 Å². The third kappa shape index (κ3) is 6.00. The zero-order valence-electron chi connectivity index (χ0n) is 9.37. The molecule has 1 nitrogen and oxygen atoms in total. The van der Waals surface area contributed by atoms with E-state index in [-0.39, 0.29) is 5.48 Å². The largest absolute Gasteiger partial charge is 0.412 e. The topological polar surface area (TPSA) is 31.5 Å². The number of halogens is 4. The summed E-state index contributed by atoms with van der Waals surface area (Å²) in [5.41, 5.74) is 0. The minimum atomic E-state index is -0.859. The summed E-state index contributed by atoms with van der Waals surface area (Å²) in [5, 5.41) is 0. The number of rotatable bonds is 0. The Morgan fingerprint density at radius 1 is 0.579 bits per heavy atom. The van der Waals surface area contributed by atoms with Crippen LogP contribution >= 0.6 is 25.3 Å². The summed E-state index contributed by atoms with van der Waals surface area (Å²) in [6.45, 7) is 0. The van der Waals surface area contributed by atoms with Crippen molar-refractivity contribution in [2.75, 3.05) is 0 Å². The van der Waals surface area contributed by atoms with Gasteiger partial charge in [0.05, 0.1) is 0 Å². The lowest BCUT2D eigenvalue weighted by atomic mass is 10.3. The molecule has 2 N–H and O–H groups in total. The first-order chi connectivity index (χ1) is 8.40. The minimum absolute atomic E-state index is 0. The van der Waals surface area contributed by atoms with Crippen molar-refractivity contribution in [1.29, 1.82) is 0 Å². The van der Waals surface area contributed by atoms with E-state index < -0.39 is 23.3 Å². The van der Waals surface area contributed by atoms with Gasteiger partial charge in [0.1, 0.15) is 0 Å². The van der Waals surface area contributed by atoms with E-state index in [4.69, 9.17) is 0 Å². The van der Waals surface area contributed by atoms with E-state index in [1.165, 1.54) is 12.1 Å². The van der Waals surface area contributed by atoms with Gasteiger partial charge in [-0.05, 0) is 36.4 Å². The number of hydrogen-bond acceptors (Lipinski definition) is 2. The highest BCUT2D eigenvalue weighted by atomic mass is 32.1. The maximum absolute atomic E-state index is 12.2. The highest BCUT2D eigenvalue weighted by molar-refractivity contribution is 7.80. The molecule has 0 aliphatic carbocycles. The Bertz CT molecular complexity index is 500. The zero-order valence-corrected chi connectivity index (χ0v) is 11.2. The lowest BCUT2D eigenvalue weighted by molar-refractivity contribution is 0.506. The van der Waals surface area contributed by atoms with Crippen LogP contribution in [-0.4, -0.2) is 5.48 Å². The zero-order chi connectivity index (χ0) is 13.7. The SMILES string of the molecule is Fc1ccc(S)cc1F.Fc1ccc(S)cc1F.O. The average molecular weight is 310 g/mol. The van der Waals surface area contributed by atoms with Crippen LogP contribution in [0.15, 0.2) is 46.2 Å². The molecule has 0 fully saturated rings. The highest BCUT2D eigenvalue weighted by Crippen LogP contribution is 2.11. The number of thiol groups is 2. The molecule has 2 rings (SSSR count). The molecule has 7 heteroatoms. The molecule has 0 radical (unpaired) electrons. The molecule has 19 heavy (non-hydrogen) atoms. The van der Waals surface area contributed by atoms with Crippen molar-refractivity contribution in [1.82, 2.24) is 0 Å². The molecule has 104 valence electrons. The maximum Gasteiger partial charge on any atom is 0.159 e. The van der Waals surface area contributed by atoms with E-state index in [1.54, 1.807) is 0 Å². The van der Waals surface area contributed by atoms with Gasteiger partial charge in [0.25, 0.3) is 0 Å². The smallest absolute Gasteiger partial charge is 0.159 e. The number of benzene rings is 2. The fraction of sp³-hybridized carbons (Fsp3) is 0. The standard InChI is InChI=1S/2C6H4F2S.H2O/c2*7-5-2-1-4(9)3-6(5)8;/h2*1-3,9H;1H2. The van der Waals surface area contributed by atoms with Crippen molar-refractivity contribution in [3.05, 3.63) is 59.7 Å². The molecule has 0 heterocycles. The lowest BCUT2D eigenvalue weighted by Crippen LogP contribution is -1.80. The van der Waals surface area contributed by atoms with E-state index in [2.05, 4.69) is 25.3 Å². The van der Waals surface area contributed by atoms with Crippen LogP contribution in [-0.2, 0) is 0 Å². The van der Waals surface area contributed by atoms with Crippen LogP contribution in [0.2, 0.25) is 0 Å². The van der Waals surface area contributed by atoms with Gasteiger partial charge in [-0.1, -0.05) is 0 Å². The van der Waals surface area contributed by atoms with Gasteiger partial charge < -0.3 is 5.48 Å². The summed E-state index contributed by atoms with van der Waals surface area (Å²) < 4.78 is 48.5. The van der Waals surface area contributed by atoms with Crippen molar-refractivity contribution >= 4 is 25.3 Å². The van der Waals surface area contributed by atoms with E-state index in [9.17, 15) is 17.6 Å². The van der Waals surface area contributed by atoms with E-state index in [0.717, 1.165) is 24.3 Å². The molecule has 0 bridgehead atoms. The molecule has 0 saturated heterocycles. The Labute approximate surface area is 118 Å². The monoisotopic (exact) mass is 310 g/mol. The fourth-order valence-corrected chi connectivity index (χ4v) is 1.35. The van der Waals surface area contributed by atoms with Gasteiger partial charge in [-0.15, -0.1) is 25.3 Å². The van der Waals surface area contributed by atoms with E-state index in [1.807, 2.05) is 0 Å². The van der Waals surface area contributed by atoms with Crippen LogP contribution < -0.4 is 0 Å². The third-order valence-corrected chi connectivity index (χ3v) is 2.36. The molecule has 0 spiro atoms. The van der Waals surface area contributed by atoms with Crippen molar-refractivity contribution in [3.8, 4) is 0 Å². The first-order valence-electron chi connectivity index (χ1n) is 4.68. The normalized spacial score (nSPS) is 9.16. The van der Waals surface area contributed by atoms with Crippen molar-refractivity contribution in [3.63, 3.8) is 0 Å². The Kier molecular flexibility index (Phi) is 7.58. The van der Waals surface area contributed by atoms with Gasteiger partial charge in [-0.2, -0.15) is 0 Å². The van der Waals surface area contributed by atoms with Crippen molar-refractivity contribution in [2.24, 2.45) is 0 Å². The van der Waals surface area contributed by atoms with Crippen molar-refractivity contribution in [2.45, 2.75) is 9.79 Å². The second-order valence-electron chi connectivity index (χ2n) is 3.20. The molecule has 0 aliphatic rings. The number of hydrogen-bond donors (Lipinski definition) is 2. The Balaban J connectivity index is 0.000000324. The Hall–Kier alpha value is -1.18. The molecule has 0 saturated carbocycles. The van der Waals surface area contributed by atoms with Crippen LogP contribution in [0.5, 0.6) is 0 Å². The summed E-state index contributed by atoms with van der Waals surface area (Å²) in [6, 6.07) is 6.91. The van der Waals surface area contributed by atoms with Gasteiger partial charge in [0.15, 0.2) is 23.3 Å². The molecule has 0 unspecified atom stereocenters. The van der Waals surface area contributed by atoms with Gasteiger partial charge in [0, 0.05) is 9.79 Å². The van der Waals surface area contributed by atoms with Crippen LogP contribution in [0.4, 0.5) is 17.6 Å². The summed E-state index contributed by atoms with van der Waals surface area (Å²) in [7, 11) is 0. The summed E-state index contributed by atoms with van der Waals surface area (Å²) in [6.07, 6.45) is 0. The van der Waals surface area contributed by atoms with Crippen LogP contribution in [0, 0.1) is 23.3 Å². The minimum Gasteiger partial charge on any atom is -0.412 e. The third-order valence-electron chi connectivity index (χ3n) is 1.81. The summed E-state index contributed by atoms with van der Waals surface area (Å²) >= 11 is 7.59. The first-order valence-corrected chi connectivity index (χ1v) is 5.57. The average Bonchev–Trinajstić information content (AvgIpc) is 2.30. The molecule has 0 aromatic heterocycles. The Morgan fingerprint density at radius 2 is 0.895 bits per heavy atom. The second-order valence-corrected chi connectivity index (χ2v) is 4.23. The molecular formula is C12H10F4OS2. The molecular weight excluding hydrogens is 300 g/mol. The van der Waals surface area contributed by atoms with Crippen LogP contribution in [0.25, 0.3) is 0 Å². The van der Waals surface area contributed by atoms with Gasteiger partial charge in [-0.3, -0.25) is 0 Å². The van der Waals surface area contributed by atoms with E-state index in [0.29, 0.717) is 9.79 Å². The summed E-state index contributed by atoms with van der Waals surface area (Å²) in [4.78, 5) is 0.850. The predicted octanol–water partition coefficient (Wildman–Crippen LogP) is 3.68. The fourth-order valence-electron chi connectivity index (χ4n) is 0.970. The van der Waals surface area contributed by atoms with Crippen LogP contribution in [0.1, 0.15) is 0 Å². The second kappa shape index (κ2) is 8.08. The first kappa shape index (κ1) is 17.8. The van der Waals surface area contributed by atoms with Crippen LogP contribution in [0.3, 0.4) is 0 Å². The Morgan fingerprint density at radius 3 is 1.11 bits per heavy atom. The lowest BCUT2D eigenvalue weighted by Gasteiger charge is -1.91. The highest BCUT2D eigenvalue weighted by Gasteiger charge is 1.98. The summed E-state index contributed by atoms with van der Waals surface area (Å²) in [5.74, 6) is -3.40.